The Kier molecular flexibility index (Phi) is 8.10. The summed E-state index contributed by atoms with van der Waals surface area (Å²) in [7, 11) is -3.75. The molecule has 0 spiro atoms. The van der Waals surface area contributed by atoms with Crippen LogP contribution >= 0.6 is 0 Å². The number of rotatable bonds is 11. The van der Waals surface area contributed by atoms with Crippen LogP contribution < -0.4 is 19.5 Å². The standard InChI is InChI=1S/C24H26N2O5S/c1-2-30-22-14-10-20(11-15-22)26-32(28,29)23-16-12-19(13-17-23)25-24(27)9-6-18-31-21-7-4-3-5-8-21/h3-5,7-8,10-17,26H,2,6,9,18H2,1H3,(H,25,27). The Labute approximate surface area is 188 Å². The van der Waals surface area contributed by atoms with Gasteiger partial charge in [0, 0.05) is 17.8 Å². The molecule has 0 bridgehead atoms. The van der Waals surface area contributed by atoms with Crippen LogP contribution in [0.4, 0.5) is 11.4 Å². The second-order valence-electron chi connectivity index (χ2n) is 6.90. The zero-order valence-electron chi connectivity index (χ0n) is 17.8. The fourth-order valence-electron chi connectivity index (χ4n) is 2.88. The number of ether oxygens (including phenoxy) is 2. The molecule has 0 aliphatic carbocycles. The zero-order valence-corrected chi connectivity index (χ0v) is 18.6. The highest BCUT2D eigenvalue weighted by molar-refractivity contribution is 7.92. The Morgan fingerprint density at radius 2 is 1.44 bits per heavy atom. The Balaban J connectivity index is 1.48. The van der Waals surface area contributed by atoms with Crippen LogP contribution in [0.1, 0.15) is 19.8 Å². The molecular weight excluding hydrogens is 428 g/mol. The van der Waals surface area contributed by atoms with Crippen LogP contribution in [-0.4, -0.2) is 27.5 Å². The molecule has 3 aromatic rings. The third-order valence-corrected chi connectivity index (χ3v) is 5.82. The van der Waals surface area contributed by atoms with Crippen LogP contribution in [-0.2, 0) is 14.8 Å². The number of carbonyl (C=O) groups is 1. The first-order valence-corrected chi connectivity index (χ1v) is 11.8. The van der Waals surface area contributed by atoms with Gasteiger partial charge in [0.2, 0.25) is 5.91 Å². The van der Waals surface area contributed by atoms with E-state index >= 15 is 0 Å². The SMILES string of the molecule is CCOc1ccc(NS(=O)(=O)c2ccc(NC(=O)CCCOc3ccccc3)cc2)cc1. The summed E-state index contributed by atoms with van der Waals surface area (Å²) in [5.41, 5.74) is 0.961. The average molecular weight is 455 g/mol. The summed E-state index contributed by atoms with van der Waals surface area (Å²) in [5, 5.41) is 2.76. The van der Waals surface area contributed by atoms with Crippen molar-refractivity contribution in [1.29, 1.82) is 0 Å². The topological polar surface area (TPSA) is 93.7 Å². The van der Waals surface area contributed by atoms with Gasteiger partial charge in [-0.25, -0.2) is 8.42 Å². The molecule has 0 radical (unpaired) electrons. The van der Waals surface area contributed by atoms with Crippen molar-refractivity contribution < 1.29 is 22.7 Å². The maximum atomic E-state index is 12.6. The Morgan fingerprint density at radius 1 is 0.812 bits per heavy atom. The van der Waals surface area contributed by atoms with Crippen molar-refractivity contribution in [1.82, 2.24) is 0 Å². The largest absolute Gasteiger partial charge is 0.494 e. The fourth-order valence-corrected chi connectivity index (χ4v) is 3.94. The minimum Gasteiger partial charge on any atom is -0.494 e. The molecule has 0 saturated heterocycles. The van der Waals surface area contributed by atoms with Gasteiger partial charge in [-0.15, -0.1) is 0 Å². The van der Waals surface area contributed by atoms with Crippen LogP contribution in [0, 0.1) is 0 Å². The van der Waals surface area contributed by atoms with Crippen molar-refractivity contribution in [2.45, 2.75) is 24.7 Å². The molecule has 0 aliphatic rings. The highest BCUT2D eigenvalue weighted by atomic mass is 32.2. The molecule has 2 N–H and O–H groups in total. The summed E-state index contributed by atoms with van der Waals surface area (Å²) >= 11 is 0. The van der Waals surface area contributed by atoms with Crippen molar-refractivity contribution >= 4 is 27.3 Å². The number of anilines is 2. The summed E-state index contributed by atoms with van der Waals surface area (Å²) in [4.78, 5) is 12.2. The molecule has 168 valence electrons. The molecule has 0 saturated carbocycles. The number of hydrogen-bond acceptors (Lipinski definition) is 5. The summed E-state index contributed by atoms with van der Waals surface area (Å²) in [6.07, 6.45) is 0.866. The molecule has 1 amide bonds. The van der Waals surface area contributed by atoms with Gasteiger partial charge in [-0.1, -0.05) is 18.2 Å². The van der Waals surface area contributed by atoms with Crippen molar-refractivity contribution in [3.8, 4) is 11.5 Å². The lowest BCUT2D eigenvalue weighted by atomic mass is 10.2. The predicted molar refractivity (Wildman–Crippen MR) is 125 cm³/mol. The lowest BCUT2D eigenvalue weighted by Gasteiger charge is -2.10. The molecule has 32 heavy (non-hydrogen) atoms. The van der Waals surface area contributed by atoms with E-state index in [4.69, 9.17) is 9.47 Å². The van der Waals surface area contributed by atoms with E-state index in [2.05, 4.69) is 10.0 Å². The summed E-state index contributed by atoms with van der Waals surface area (Å²) < 4.78 is 38.6. The van der Waals surface area contributed by atoms with Crippen molar-refractivity contribution in [2.75, 3.05) is 23.3 Å². The average Bonchev–Trinajstić information content (AvgIpc) is 2.79. The van der Waals surface area contributed by atoms with E-state index < -0.39 is 10.0 Å². The van der Waals surface area contributed by atoms with Crippen LogP contribution in [0.25, 0.3) is 0 Å². The second-order valence-corrected chi connectivity index (χ2v) is 8.58. The Bertz CT molecular complexity index is 1100. The normalized spacial score (nSPS) is 10.9. The molecular formula is C24H26N2O5S. The monoisotopic (exact) mass is 454 g/mol. The molecule has 7 nitrogen and oxygen atoms in total. The molecule has 0 fully saturated rings. The summed E-state index contributed by atoms with van der Waals surface area (Å²) in [5.74, 6) is 1.27. The van der Waals surface area contributed by atoms with Gasteiger partial charge in [0.05, 0.1) is 18.1 Å². The van der Waals surface area contributed by atoms with Gasteiger partial charge in [-0.05, 0) is 74.0 Å². The quantitative estimate of drug-likeness (QED) is 0.410. The second kappa shape index (κ2) is 11.2. The van der Waals surface area contributed by atoms with E-state index in [1.165, 1.54) is 12.1 Å². The fraction of sp³-hybridized carbons (Fsp3) is 0.208. The zero-order chi connectivity index (χ0) is 22.8. The van der Waals surface area contributed by atoms with Crippen LogP contribution in [0.2, 0.25) is 0 Å². The number of amides is 1. The lowest BCUT2D eigenvalue weighted by Crippen LogP contribution is -2.14. The van der Waals surface area contributed by atoms with Crippen LogP contribution in [0.5, 0.6) is 11.5 Å². The number of para-hydroxylation sites is 1. The van der Waals surface area contributed by atoms with Gasteiger partial charge < -0.3 is 14.8 Å². The van der Waals surface area contributed by atoms with E-state index in [1.54, 1.807) is 36.4 Å². The van der Waals surface area contributed by atoms with Gasteiger partial charge in [0.25, 0.3) is 10.0 Å². The van der Waals surface area contributed by atoms with Gasteiger partial charge in [0.1, 0.15) is 11.5 Å². The first kappa shape index (κ1) is 23.1. The molecule has 0 heterocycles. The molecule has 8 heteroatoms. The molecule has 0 aliphatic heterocycles. The first-order valence-electron chi connectivity index (χ1n) is 10.3. The van der Waals surface area contributed by atoms with E-state index in [-0.39, 0.29) is 10.8 Å². The van der Waals surface area contributed by atoms with E-state index in [1.807, 2.05) is 37.3 Å². The highest BCUT2D eigenvalue weighted by Crippen LogP contribution is 2.21. The number of sulfonamides is 1. The van der Waals surface area contributed by atoms with E-state index in [9.17, 15) is 13.2 Å². The predicted octanol–water partition coefficient (Wildman–Crippen LogP) is 4.68. The maximum absolute atomic E-state index is 12.6. The molecule has 0 aromatic heterocycles. The molecule has 3 aromatic carbocycles. The van der Waals surface area contributed by atoms with Gasteiger partial charge in [-0.2, -0.15) is 0 Å². The van der Waals surface area contributed by atoms with Gasteiger partial charge >= 0.3 is 0 Å². The molecule has 3 rings (SSSR count). The lowest BCUT2D eigenvalue weighted by molar-refractivity contribution is -0.116. The Morgan fingerprint density at radius 3 is 2.09 bits per heavy atom. The number of hydrogen-bond donors (Lipinski definition) is 2. The number of benzene rings is 3. The highest BCUT2D eigenvalue weighted by Gasteiger charge is 2.14. The summed E-state index contributed by atoms with van der Waals surface area (Å²) in [6, 6.07) is 22.1. The van der Waals surface area contributed by atoms with Gasteiger partial charge in [-0.3, -0.25) is 9.52 Å². The van der Waals surface area contributed by atoms with Gasteiger partial charge in [0.15, 0.2) is 0 Å². The summed E-state index contributed by atoms with van der Waals surface area (Å²) in [6.45, 7) is 2.85. The maximum Gasteiger partial charge on any atom is 0.261 e. The van der Waals surface area contributed by atoms with E-state index in [0.29, 0.717) is 43.2 Å². The Hall–Kier alpha value is -3.52. The molecule has 0 atom stereocenters. The molecule has 0 unspecified atom stereocenters. The number of nitrogens with one attached hydrogen (secondary N) is 2. The van der Waals surface area contributed by atoms with Crippen LogP contribution in [0.15, 0.2) is 83.8 Å². The minimum absolute atomic E-state index is 0.0978. The van der Waals surface area contributed by atoms with Crippen molar-refractivity contribution in [3.63, 3.8) is 0 Å². The van der Waals surface area contributed by atoms with E-state index in [0.717, 1.165) is 5.75 Å². The third-order valence-electron chi connectivity index (χ3n) is 4.43. The van der Waals surface area contributed by atoms with Crippen molar-refractivity contribution in [3.05, 3.63) is 78.9 Å². The minimum atomic E-state index is -3.75. The first-order chi connectivity index (χ1) is 15.5. The van der Waals surface area contributed by atoms with Crippen LogP contribution in [0.3, 0.4) is 0 Å². The smallest absolute Gasteiger partial charge is 0.261 e. The third kappa shape index (κ3) is 7.02. The number of carbonyl (C=O) groups excluding carboxylic acids is 1. The van der Waals surface area contributed by atoms with Crippen molar-refractivity contribution in [2.24, 2.45) is 0 Å².